The van der Waals surface area contributed by atoms with Gasteiger partial charge in [0.05, 0.1) is 16.7 Å². The van der Waals surface area contributed by atoms with Crippen LogP contribution in [0.25, 0.3) is 0 Å². The number of unbranched alkanes of at least 4 members (excludes halogenated alkanes) is 1. The fourth-order valence-corrected chi connectivity index (χ4v) is 2.23. The molecule has 0 heterocycles. The van der Waals surface area contributed by atoms with Crippen LogP contribution in [0.1, 0.15) is 19.8 Å². The van der Waals surface area contributed by atoms with Crippen molar-refractivity contribution in [3.05, 3.63) is 32.7 Å². The average Bonchev–Trinajstić information content (AvgIpc) is 2.48. The Morgan fingerprint density at radius 1 is 1.09 bits per heavy atom. The third-order valence-corrected chi connectivity index (χ3v) is 3.39. The number of nitrogens with zero attached hydrogens (tertiary/aromatic N) is 1. The number of ether oxygens (including phenoxy) is 2. The zero-order chi connectivity index (χ0) is 17.1. The lowest BCUT2D eigenvalue weighted by Crippen LogP contribution is -2.01. The van der Waals surface area contributed by atoms with E-state index in [4.69, 9.17) is 60.7 Å². The van der Waals surface area contributed by atoms with Gasteiger partial charge in [0.25, 0.3) is 0 Å². The van der Waals surface area contributed by atoms with Crippen molar-refractivity contribution in [2.24, 2.45) is 5.16 Å². The smallest absolute Gasteiger partial charge is 0.156 e. The van der Waals surface area contributed by atoms with E-state index in [-0.39, 0.29) is 11.1 Å². The van der Waals surface area contributed by atoms with E-state index in [9.17, 15) is 0 Å². The third kappa shape index (κ3) is 8.56. The standard InChI is InChI=1S/C15H17Cl4NO3/c1-2-20-23-7-4-3-6-22-15-12(16)9-11(10-13(15)17)21-8-5-14(18)19/h2,5,9-10H,3-4,6-8H2,1H3. The minimum atomic E-state index is 0.135. The van der Waals surface area contributed by atoms with Gasteiger partial charge in [0.1, 0.15) is 23.5 Å². The number of oxime groups is 1. The third-order valence-electron chi connectivity index (χ3n) is 2.52. The first-order chi connectivity index (χ1) is 11.0. The van der Waals surface area contributed by atoms with E-state index in [0.717, 1.165) is 12.8 Å². The quantitative estimate of drug-likeness (QED) is 0.280. The molecule has 0 spiro atoms. The summed E-state index contributed by atoms with van der Waals surface area (Å²) in [6, 6.07) is 3.25. The topological polar surface area (TPSA) is 40.0 Å². The zero-order valence-corrected chi connectivity index (χ0v) is 15.6. The normalized spacial score (nSPS) is 10.7. The highest BCUT2D eigenvalue weighted by Crippen LogP contribution is 2.37. The molecule has 0 saturated heterocycles. The van der Waals surface area contributed by atoms with E-state index in [2.05, 4.69) is 5.16 Å². The molecule has 0 saturated carbocycles. The van der Waals surface area contributed by atoms with Crippen molar-refractivity contribution < 1.29 is 14.3 Å². The fraction of sp³-hybridized carbons (Fsp3) is 0.400. The Kier molecular flexibility index (Phi) is 10.3. The lowest BCUT2D eigenvalue weighted by atomic mass is 10.3. The highest BCUT2D eigenvalue weighted by molar-refractivity contribution is 6.55. The molecule has 1 rings (SSSR count). The van der Waals surface area contributed by atoms with Crippen molar-refractivity contribution in [1.82, 2.24) is 0 Å². The number of rotatable bonds is 10. The Balaban J connectivity index is 2.45. The van der Waals surface area contributed by atoms with Gasteiger partial charge in [-0.1, -0.05) is 51.6 Å². The van der Waals surface area contributed by atoms with Gasteiger partial charge in [-0.05, 0) is 25.8 Å². The van der Waals surface area contributed by atoms with Gasteiger partial charge in [0.15, 0.2) is 5.75 Å². The maximum atomic E-state index is 6.16. The SMILES string of the molecule is CC=NOCCCCOc1c(Cl)cc(OCC=C(Cl)Cl)cc1Cl. The second-order valence-corrected chi connectivity index (χ2v) is 6.10. The summed E-state index contributed by atoms with van der Waals surface area (Å²) in [7, 11) is 0. The molecule has 0 aliphatic carbocycles. The van der Waals surface area contributed by atoms with Gasteiger partial charge >= 0.3 is 0 Å². The van der Waals surface area contributed by atoms with Gasteiger partial charge in [0.2, 0.25) is 0 Å². The number of hydrogen-bond donors (Lipinski definition) is 0. The zero-order valence-electron chi connectivity index (χ0n) is 12.5. The summed E-state index contributed by atoms with van der Waals surface area (Å²) >= 11 is 23.3. The van der Waals surface area contributed by atoms with Crippen LogP contribution in [0.15, 0.2) is 27.9 Å². The van der Waals surface area contributed by atoms with Crippen LogP contribution in [0.5, 0.6) is 11.5 Å². The molecule has 0 radical (unpaired) electrons. The highest BCUT2D eigenvalue weighted by Gasteiger charge is 2.10. The molecule has 0 N–H and O–H groups in total. The second-order valence-electron chi connectivity index (χ2n) is 4.27. The Labute approximate surface area is 155 Å². The molecule has 128 valence electrons. The van der Waals surface area contributed by atoms with Crippen LogP contribution in [0.4, 0.5) is 0 Å². The van der Waals surface area contributed by atoms with Crippen LogP contribution in [-0.2, 0) is 4.84 Å². The monoisotopic (exact) mass is 399 g/mol. The van der Waals surface area contributed by atoms with Crippen LogP contribution >= 0.6 is 46.4 Å². The molecule has 0 bridgehead atoms. The molecule has 8 heteroatoms. The molecular weight excluding hydrogens is 384 g/mol. The number of benzene rings is 1. The van der Waals surface area contributed by atoms with E-state index in [1.165, 1.54) is 6.08 Å². The molecule has 0 unspecified atom stereocenters. The summed E-state index contributed by atoms with van der Waals surface area (Å²) < 4.78 is 11.2. The predicted octanol–water partition coefficient (Wildman–Crippen LogP) is 5.87. The van der Waals surface area contributed by atoms with Gasteiger partial charge in [0, 0.05) is 18.3 Å². The summed E-state index contributed by atoms with van der Waals surface area (Å²) in [6.45, 7) is 3.03. The van der Waals surface area contributed by atoms with E-state index in [1.807, 2.05) is 0 Å². The minimum absolute atomic E-state index is 0.135. The first-order valence-electron chi connectivity index (χ1n) is 6.90. The van der Waals surface area contributed by atoms with Crippen LogP contribution in [-0.4, -0.2) is 26.0 Å². The van der Waals surface area contributed by atoms with Crippen LogP contribution in [0.2, 0.25) is 10.0 Å². The van der Waals surface area contributed by atoms with Gasteiger partial charge in [-0.25, -0.2) is 0 Å². The van der Waals surface area contributed by atoms with Crippen LogP contribution in [0, 0.1) is 0 Å². The average molecular weight is 401 g/mol. The van der Waals surface area contributed by atoms with Gasteiger partial charge in [-0.15, -0.1) is 0 Å². The molecule has 0 atom stereocenters. The predicted molar refractivity (Wildman–Crippen MR) is 96.6 cm³/mol. The van der Waals surface area contributed by atoms with Crippen LogP contribution < -0.4 is 9.47 Å². The molecule has 0 aromatic heterocycles. The fourth-order valence-electron chi connectivity index (χ4n) is 1.53. The summed E-state index contributed by atoms with van der Waals surface area (Å²) in [4.78, 5) is 4.97. The molecule has 1 aromatic rings. The molecule has 4 nitrogen and oxygen atoms in total. The molecule has 0 aliphatic heterocycles. The Morgan fingerprint density at radius 3 is 2.35 bits per heavy atom. The number of hydrogen-bond acceptors (Lipinski definition) is 4. The maximum absolute atomic E-state index is 6.16. The van der Waals surface area contributed by atoms with Gasteiger partial charge in [-0.2, -0.15) is 0 Å². The molecular formula is C15H17Cl4NO3. The second kappa shape index (κ2) is 11.7. The van der Waals surface area contributed by atoms with Crippen molar-refractivity contribution in [3.8, 4) is 11.5 Å². The lowest BCUT2D eigenvalue weighted by molar-refractivity contribution is 0.137. The van der Waals surface area contributed by atoms with E-state index >= 15 is 0 Å². The molecule has 0 amide bonds. The summed E-state index contributed by atoms with van der Waals surface area (Å²) in [5, 5.41) is 4.41. The highest BCUT2D eigenvalue weighted by atomic mass is 35.5. The lowest BCUT2D eigenvalue weighted by Gasteiger charge is -2.12. The van der Waals surface area contributed by atoms with Gasteiger partial charge in [-0.3, -0.25) is 0 Å². The summed E-state index contributed by atoms with van der Waals surface area (Å²) in [5.74, 6) is 0.933. The molecule has 23 heavy (non-hydrogen) atoms. The van der Waals surface area contributed by atoms with Crippen molar-refractivity contribution in [2.75, 3.05) is 19.8 Å². The van der Waals surface area contributed by atoms with Crippen molar-refractivity contribution >= 4 is 52.6 Å². The summed E-state index contributed by atoms with van der Waals surface area (Å²) in [5.41, 5.74) is 0. The van der Waals surface area contributed by atoms with E-state index < -0.39 is 0 Å². The maximum Gasteiger partial charge on any atom is 0.156 e. The number of halogens is 4. The van der Waals surface area contributed by atoms with Crippen molar-refractivity contribution in [3.63, 3.8) is 0 Å². The molecule has 1 aromatic carbocycles. The first kappa shape index (κ1) is 20.2. The first-order valence-corrected chi connectivity index (χ1v) is 8.41. The molecule has 0 fully saturated rings. The Bertz CT molecular complexity index is 523. The minimum Gasteiger partial charge on any atom is -0.490 e. The van der Waals surface area contributed by atoms with Crippen LogP contribution in [0.3, 0.4) is 0 Å². The van der Waals surface area contributed by atoms with Crippen molar-refractivity contribution in [2.45, 2.75) is 19.8 Å². The largest absolute Gasteiger partial charge is 0.490 e. The molecule has 0 aliphatic rings. The Hall–Kier alpha value is -0.810. The van der Waals surface area contributed by atoms with E-state index in [0.29, 0.717) is 34.8 Å². The Morgan fingerprint density at radius 2 is 1.74 bits per heavy atom. The van der Waals surface area contributed by atoms with Crippen molar-refractivity contribution in [1.29, 1.82) is 0 Å². The summed E-state index contributed by atoms with van der Waals surface area (Å²) in [6.07, 6.45) is 4.72. The van der Waals surface area contributed by atoms with Gasteiger partial charge < -0.3 is 14.3 Å². The van der Waals surface area contributed by atoms with E-state index in [1.54, 1.807) is 25.3 Å².